The number of carboxylic acids is 1. The van der Waals surface area contributed by atoms with E-state index in [0.717, 1.165) is 0 Å². The third-order valence-corrected chi connectivity index (χ3v) is 3.70. The number of carbonyl (C=O) groups excluding carboxylic acids is 1. The fourth-order valence-corrected chi connectivity index (χ4v) is 2.34. The highest BCUT2D eigenvalue weighted by Gasteiger charge is 2.11. The summed E-state index contributed by atoms with van der Waals surface area (Å²) in [4.78, 5) is 33.8. The van der Waals surface area contributed by atoms with Gasteiger partial charge in [0.15, 0.2) is 0 Å². The smallest absolute Gasteiger partial charge is 0.407 e. The van der Waals surface area contributed by atoms with Gasteiger partial charge in [0.1, 0.15) is 24.0 Å². The van der Waals surface area contributed by atoms with Crippen LogP contribution in [-0.4, -0.2) is 34.9 Å². The average molecular weight is 364 g/mol. The zero-order valence-electron chi connectivity index (χ0n) is 13.9. The van der Waals surface area contributed by atoms with E-state index >= 15 is 0 Å². The van der Waals surface area contributed by atoms with E-state index in [4.69, 9.17) is 20.0 Å². The molecule has 9 nitrogen and oxygen atoms in total. The number of unbranched alkanes of at least 4 members (excludes halogenated alkanes) is 1. The molecule has 1 aromatic heterocycles. The number of hydrogen-bond donors (Lipinski definition) is 4. The lowest BCUT2D eigenvalue weighted by Gasteiger charge is -2.09. The number of fused-ring (bicyclic) bond motifs is 1. The molecule has 1 amide bonds. The number of alkyl carbamates (subject to hydrolysis) is 1. The van der Waals surface area contributed by atoms with Crippen LogP contribution >= 0.6 is 0 Å². The van der Waals surface area contributed by atoms with Crippen molar-refractivity contribution in [1.82, 2.24) is 5.32 Å². The van der Waals surface area contributed by atoms with E-state index in [1.807, 2.05) is 0 Å². The number of nitrogens with one attached hydrogen (secondary N) is 1. The number of nitrogens with two attached hydrogens (primary N) is 1. The Morgan fingerprint density at radius 3 is 2.77 bits per heavy atom. The molecule has 0 radical (unpaired) electrons. The van der Waals surface area contributed by atoms with Gasteiger partial charge >= 0.3 is 17.7 Å². The summed E-state index contributed by atoms with van der Waals surface area (Å²) >= 11 is 0. The number of amides is 1. The first-order valence-corrected chi connectivity index (χ1v) is 8.01. The molecule has 0 saturated heterocycles. The van der Waals surface area contributed by atoms with Crippen LogP contribution in [0.15, 0.2) is 33.5 Å². The standard InChI is InChI=1S/C17H20N2O7/c18-13(16(22)23)3-1-2-6-19-17(24)25-9-10-7-15(21)26-14-8-11(20)4-5-12(10)14/h4-5,7-8,13,20H,1-3,6,9,18H2,(H,19,24)(H,22,23)/t13-/m0/s1. The molecule has 0 fully saturated rings. The average Bonchev–Trinajstić information content (AvgIpc) is 2.58. The number of ether oxygens (including phenoxy) is 1. The second kappa shape index (κ2) is 8.86. The maximum Gasteiger partial charge on any atom is 0.407 e. The van der Waals surface area contributed by atoms with E-state index < -0.39 is 23.7 Å². The van der Waals surface area contributed by atoms with E-state index in [0.29, 0.717) is 36.8 Å². The molecule has 140 valence electrons. The predicted octanol–water partition coefficient (Wildman–Crippen LogP) is 1.31. The molecule has 0 saturated carbocycles. The van der Waals surface area contributed by atoms with Crippen molar-refractivity contribution in [1.29, 1.82) is 0 Å². The van der Waals surface area contributed by atoms with Gasteiger partial charge < -0.3 is 30.4 Å². The van der Waals surface area contributed by atoms with Gasteiger partial charge in [-0.25, -0.2) is 9.59 Å². The highest BCUT2D eigenvalue weighted by atomic mass is 16.5. The maximum absolute atomic E-state index is 11.7. The van der Waals surface area contributed by atoms with Gasteiger partial charge in [-0.2, -0.15) is 0 Å². The summed E-state index contributed by atoms with van der Waals surface area (Å²) in [6, 6.07) is 4.63. The first-order chi connectivity index (χ1) is 12.4. The summed E-state index contributed by atoms with van der Waals surface area (Å²) in [5, 5.41) is 21.2. The SMILES string of the molecule is N[C@@H](CCCCNC(=O)OCc1cc(=O)oc2cc(O)ccc12)C(=O)O. The molecule has 0 aliphatic carbocycles. The quantitative estimate of drug-likeness (QED) is 0.404. The topological polar surface area (TPSA) is 152 Å². The molecular weight excluding hydrogens is 344 g/mol. The highest BCUT2D eigenvalue weighted by Crippen LogP contribution is 2.22. The van der Waals surface area contributed by atoms with Gasteiger partial charge in [0.2, 0.25) is 0 Å². The number of phenolic OH excluding ortho intramolecular Hbond substituents is 1. The lowest BCUT2D eigenvalue weighted by atomic mass is 10.1. The Bertz CT molecular complexity index is 847. The second-order valence-corrected chi connectivity index (χ2v) is 5.71. The molecule has 5 N–H and O–H groups in total. The second-order valence-electron chi connectivity index (χ2n) is 5.71. The monoisotopic (exact) mass is 364 g/mol. The first kappa shape index (κ1) is 19.3. The molecule has 2 aromatic rings. The zero-order chi connectivity index (χ0) is 19.1. The van der Waals surface area contributed by atoms with Crippen LogP contribution in [0.25, 0.3) is 11.0 Å². The van der Waals surface area contributed by atoms with Crippen molar-refractivity contribution in [2.24, 2.45) is 5.73 Å². The lowest BCUT2D eigenvalue weighted by molar-refractivity contribution is -0.138. The predicted molar refractivity (Wildman–Crippen MR) is 91.8 cm³/mol. The number of benzene rings is 1. The number of carboxylic acid groups (broad SMARTS) is 1. The van der Waals surface area contributed by atoms with Gasteiger partial charge in [-0.3, -0.25) is 4.79 Å². The van der Waals surface area contributed by atoms with Gasteiger partial charge in [-0.15, -0.1) is 0 Å². The van der Waals surface area contributed by atoms with E-state index in [1.54, 1.807) is 6.07 Å². The number of phenols is 1. The van der Waals surface area contributed by atoms with Crippen LogP contribution in [-0.2, 0) is 16.1 Å². The molecule has 0 bridgehead atoms. The van der Waals surface area contributed by atoms with Gasteiger partial charge in [0, 0.05) is 29.6 Å². The molecular formula is C17H20N2O7. The minimum atomic E-state index is -1.05. The molecule has 26 heavy (non-hydrogen) atoms. The molecule has 0 aliphatic heterocycles. The third-order valence-electron chi connectivity index (χ3n) is 3.70. The minimum absolute atomic E-state index is 0.0425. The van der Waals surface area contributed by atoms with Crippen LogP contribution in [0.1, 0.15) is 24.8 Å². The molecule has 0 spiro atoms. The number of carbonyl (C=O) groups is 2. The van der Waals surface area contributed by atoms with Crippen molar-refractivity contribution < 1.29 is 29.0 Å². The van der Waals surface area contributed by atoms with Crippen LogP contribution in [0, 0.1) is 0 Å². The van der Waals surface area contributed by atoms with Crippen LogP contribution in [0.5, 0.6) is 5.75 Å². The molecule has 9 heteroatoms. The Kier molecular flexibility index (Phi) is 6.56. The van der Waals surface area contributed by atoms with Crippen LogP contribution in [0.2, 0.25) is 0 Å². The van der Waals surface area contributed by atoms with Gasteiger partial charge in [-0.05, 0) is 31.4 Å². The van der Waals surface area contributed by atoms with Crippen LogP contribution in [0.4, 0.5) is 4.79 Å². The minimum Gasteiger partial charge on any atom is -0.508 e. The summed E-state index contributed by atoms with van der Waals surface area (Å²) in [6.45, 7) is 0.180. The number of aromatic hydroxyl groups is 1. The van der Waals surface area contributed by atoms with E-state index in [-0.39, 0.29) is 17.9 Å². The van der Waals surface area contributed by atoms with Crippen molar-refractivity contribution >= 4 is 23.0 Å². The first-order valence-electron chi connectivity index (χ1n) is 8.01. The summed E-state index contributed by atoms with van der Waals surface area (Å²) < 4.78 is 10.1. The van der Waals surface area contributed by atoms with Crippen molar-refractivity contribution in [2.75, 3.05) is 6.54 Å². The fourth-order valence-electron chi connectivity index (χ4n) is 2.34. The third kappa shape index (κ3) is 5.49. The molecule has 1 aromatic carbocycles. The van der Waals surface area contributed by atoms with Gasteiger partial charge in [0.05, 0.1) is 0 Å². The molecule has 0 unspecified atom stereocenters. The Morgan fingerprint density at radius 1 is 1.27 bits per heavy atom. The maximum atomic E-state index is 11.7. The van der Waals surface area contributed by atoms with Crippen molar-refractivity contribution in [3.8, 4) is 5.75 Å². The van der Waals surface area contributed by atoms with Crippen LogP contribution in [0.3, 0.4) is 0 Å². The van der Waals surface area contributed by atoms with E-state index in [1.165, 1.54) is 18.2 Å². The van der Waals surface area contributed by atoms with Crippen molar-refractivity contribution in [3.05, 3.63) is 40.2 Å². The van der Waals surface area contributed by atoms with Crippen molar-refractivity contribution in [2.45, 2.75) is 31.9 Å². The summed E-state index contributed by atoms with van der Waals surface area (Å²) in [7, 11) is 0. The number of aliphatic carboxylic acids is 1. The fraction of sp³-hybridized carbons (Fsp3) is 0.353. The number of rotatable bonds is 8. The summed E-state index contributed by atoms with van der Waals surface area (Å²) in [5.41, 5.74) is 5.42. The van der Waals surface area contributed by atoms with E-state index in [9.17, 15) is 19.5 Å². The van der Waals surface area contributed by atoms with Crippen LogP contribution < -0.4 is 16.7 Å². The Balaban J connectivity index is 1.82. The summed E-state index contributed by atoms with van der Waals surface area (Å²) in [5.74, 6) is -1.09. The highest BCUT2D eigenvalue weighted by molar-refractivity contribution is 5.81. The van der Waals surface area contributed by atoms with Gasteiger partial charge in [-0.1, -0.05) is 0 Å². The van der Waals surface area contributed by atoms with E-state index in [2.05, 4.69) is 5.32 Å². The Hall–Kier alpha value is -3.07. The van der Waals surface area contributed by atoms with Gasteiger partial charge in [0.25, 0.3) is 0 Å². The van der Waals surface area contributed by atoms with Crippen molar-refractivity contribution in [3.63, 3.8) is 0 Å². The number of hydrogen-bond acceptors (Lipinski definition) is 7. The largest absolute Gasteiger partial charge is 0.508 e. The Labute approximate surface area is 148 Å². The normalized spacial score (nSPS) is 11.9. The molecule has 1 heterocycles. The summed E-state index contributed by atoms with van der Waals surface area (Å²) in [6.07, 6.45) is 0.784. The lowest BCUT2D eigenvalue weighted by Crippen LogP contribution is -2.30. The molecule has 1 atom stereocenters. The molecule has 2 rings (SSSR count). The Morgan fingerprint density at radius 2 is 2.04 bits per heavy atom. The molecule has 0 aliphatic rings. The zero-order valence-corrected chi connectivity index (χ0v) is 13.9.